The second kappa shape index (κ2) is 5.13. The predicted molar refractivity (Wildman–Crippen MR) is 83.8 cm³/mol. The van der Waals surface area contributed by atoms with Gasteiger partial charge in [-0.05, 0) is 30.9 Å². The number of aromatic amines is 1. The Morgan fingerprint density at radius 1 is 1.36 bits per heavy atom. The van der Waals surface area contributed by atoms with E-state index < -0.39 is 11.6 Å². The maximum absolute atomic E-state index is 11.3. The molecule has 22 heavy (non-hydrogen) atoms. The quantitative estimate of drug-likeness (QED) is 0.890. The molecule has 2 N–H and O–H groups in total. The number of nitrogens with one attached hydrogen (secondary N) is 1. The molecule has 1 aliphatic heterocycles. The van der Waals surface area contributed by atoms with Gasteiger partial charge in [0.15, 0.2) is 0 Å². The minimum absolute atomic E-state index is 0.0610. The second-order valence-electron chi connectivity index (χ2n) is 6.55. The Balaban J connectivity index is 1.87. The number of ether oxygens (including phenoxy) is 1. The van der Waals surface area contributed by atoms with Crippen LogP contribution in [0, 0.1) is 5.92 Å². The number of aliphatic carboxylic acids is 1. The van der Waals surface area contributed by atoms with Gasteiger partial charge in [-0.2, -0.15) is 0 Å². The lowest BCUT2D eigenvalue weighted by Gasteiger charge is -2.45. The molecule has 1 fully saturated rings. The first kappa shape index (κ1) is 13.8. The van der Waals surface area contributed by atoms with Crippen molar-refractivity contribution in [1.82, 2.24) is 4.98 Å². The molecule has 1 spiro atoms. The number of fused-ring (bicyclic) bond motifs is 4. The van der Waals surface area contributed by atoms with E-state index >= 15 is 0 Å². The number of carboxylic acid groups (broad SMARTS) is 1. The van der Waals surface area contributed by atoms with Crippen LogP contribution in [0.1, 0.15) is 43.4 Å². The smallest absolute Gasteiger partial charge is 0.303 e. The molecule has 2 heterocycles. The molecule has 0 bridgehead atoms. The number of rotatable bonds is 2. The van der Waals surface area contributed by atoms with Crippen LogP contribution in [0.25, 0.3) is 10.9 Å². The van der Waals surface area contributed by atoms with Crippen LogP contribution in [0.15, 0.2) is 24.3 Å². The molecule has 1 saturated carbocycles. The lowest BCUT2D eigenvalue weighted by molar-refractivity contribution is -0.152. The summed E-state index contributed by atoms with van der Waals surface area (Å²) < 4.78 is 6.28. The van der Waals surface area contributed by atoms with E-state index in [9.17, 15) is 9.90 Å². The molecule has 2 aromatic rings. The third-order valence-corrected chi connectivity index (χ3v) is 5.38. The summed E-state index contributed by atoms with van der Waals surface area (Å²) in [4.78, 5) is 14.9. The van der Waals surface area contributed by atoms with Gasteiger partial charge in [-0.15, -0.1) is 0 Å². The van der Waals surface area contributed by atoms with Crippen molar-refractivity contribution >= 4 is 16.9 Å². The van der Waals surface area contributed by atoms with Gasteiger partial charge in [0.2, 0.25) is 0 Å². The third-order valence-electron chi connectivity index (χ3n) is 5.38. The van der Waals surface area contributed by atoms with Crippen molar-refractivity contribution < 1.29 is 14.6 Å². The molecule has 4 rings (SSSR count). The number of carbonyl (C=O) groups is 1. The predicted octanol–water partition coefficient (Wildman–Crippen LogP) is 3.60. The van der Waals surface area contributed by atoms with E-state index in [4.69, 9.17) is 4.74 Å². The Morgan fingerprint density at radius 2 is 2.23 bits per heavy atom. The van der Waals surface area contributed by atoms with Crippen LogP contribution in [-0.4, -0.2) is 22.7 Å². The van der Waals surface area contributed by atoms with E-state index in [1.165, 1.54) is 10.9 Å². The van der Waals surface area contributed by atoms with Crippen LogP contribution in [0.5, 0.6) is 0 Å². The fraction of sp³-hybridized carbons (Fsp3) is 0.500. The monoisotopic (exact) mass is 299 g/mol. The lowest BCUT2D eigenvalue weighted by Crippen LogP contribution is -2.45. The largest absolute Gasteiger partial charge is 0.481 e. The van der Waals surface area contributed by atoms with Crippen molar-refractivity contribution in [3.63, 3.8) is 0 Å². The van der Waals surface area contributed by atoms with Crippen LogP contribution >= 0.6 is 0 Å². The number of aromatic nitrogens is 1. The molecule has 2 unspecified atom stereocenters. The molecule has 1 aromatic carbocycles. The summed E-state index contributed by atoms with van der Waals surface area (Å²) in [5, 5.41) is 10.6. The van der Waals surface area contributed by atoms with E-state index in [0.717, 1.165) is 43.3 Å². The van der Waals surface area contributed by atoms with Crippen LogP contribution in [-0.2, 0) is 21.6 Å². The molecule has 0 saturated heterocycles. The van der Waals surface area contributed by atoms with Gasteiger partial charge in [-0.25, -0.2) is 0 Å². The highest BCUT2D eigenvalue weighted by molar-refractivity contribution is 5.85. The van der Waals surface area contributed by atoms with Gasteiger partial charge in [0.1, 0.15) is 5.60 Å². The summed E-state index contributed by atoms with van der Waals surface area (Å²) in [6.07, 6.45) is 5.14. The first-order valence-electron chi connectivity index (χ1n) is 8.16. The minimum atomic E-state index is -0.724. The summed E-state index contributed by atoms with van der Waals surface area (Å²) in [5.74, 6) is -0.663. The summed E-state index contributed by atoms with van der Waals surface area (Å²) in [5.41, 5.74) is 3.19. The van der Waals surface area contributed by atoms with Crippen LogP contribution in [0.2, 0.25) is 0 Å². The van der Waals surface area contributed by atoms with Crippen molar-refractivity contribution in [3.8, 4) is 0 Å². The fourth-order valence-electron chi connectivity index (χ4n) is 4.44. The zero-order chi connectivity index (χ0) is 15.2. The molecule has 116 valence electrons. The number of hydrogen-bond acceptors (Lipinski definition) is 2. The van der Waals surface area contributed by atoms with Gasteiger partial charge in [-0.1, -0.05) is 31.0 Å². The Labute approximate surface area is 129 Å². The highest BCUT2D eigenvalue weighted by Crippen LogP contribution is 2.50. The van der Waals surface area contributed by atoms with Gasteiger partial charge in [0.25, 0.3) is 0 Å². The number of hydrogen-bond donors (Lipinski definition) is 2. The van der Waals surface area contributed by atoms with Crippen molar-refractivity contribution in [2.24, 2.45) is 5.92 Å². The average molecular weight is 299 g/mol. The van der Waals surface area contributed by atoms with Crippen LogP contribution < -0.4 is 0 Å². The zero-order valence-corrected chi connectivity index (χ0v) is 12.6. The van der Waals surface area contributed by atoms with Gasteiger partial charge < -0.3 is 14.8 Å². The van der Waals surface area contributed by atoms with E-state index in [0.29, 0.717) is 6.61 Å². The van der Waals surface area contributed by atoms with Gasteiger partial charge >= 0.3 is 5.97 Å². The molecule has 2 aliphatic rings. The van der Waals surface area contributed by atoms with Crippen LogP contribution in [0.3, 0.4) is 0 Å². The first-order valence-corrected chi connectivity index (χ1v) is 8.16. The molecule has 1 aliphatic carbocycles. The Hall–Kier alpha value is -1.81. The average Bonchev–Trinajstić information content (AvgIpc) is 2.90. The van der Waals surface area contributed by atoms with Gasteiger partial charge in [0, 0.05) is 16.8 Å². The van der Waals surface area contributed by atoms with E-state index in [-0.39, 0.29) is 12.3 Å². The summed E-state index contributed by atoms with van der Waals surface area (Å²) in [6.45, 7) is 0.685. The summed E-state index contributed by atoms with van der Waals surface area (Å²) in [6, 6.07) is 8.34. The molecular formula is C18H21NO3. The third kappa shape index (κ3) is 1.97. The number of benzene rings is 1. The molecule has 0 amide bonds. The first-order chi connectivity index (χ1) is 10.7. The second-order valence-corrected chi connectivity index (χ2v) is 6.55. The summed E-state index contributed by atoms with van der Waals surface area (Å²) in [7, 11) is 0. The molecule has 4 nitrogen and oxygen atoms in total. The zero-order valence-electron chi connectivity index (χ0n) is 12.6. The number of H-pyrrole nitrogens is 1. The number of carboxylic acids is 1. The Bertz CT molecular complexity index is 720. The Morgan fingerprint density at radius 3 is 3.09 bits per heavy atom. The summed E-state index contributed by atoms with van der Waals surface area (Å²) >= 11 is 0. The normalized spacial score (nSPS) is 27.9. The number of para-hydroxylation sites is 1. The van der Waals surface area contributed by atoms with Crippen molar-refractivity contribution in [1.29, 1.82) is 0 Å². The van der Waals surface area contributed by atoms with E-state index in [2.05, 4.69) is 23.2 Å². The minimum Gasteiger partial charge on any atom is -0.481 e. The molecular weight excluding hydrogens is 278 g/mol. The van der Waals surface area contributed by atoms with Gasteiger partial charge in [-0.3, -0.25) is 4.79 Å². The lowest BCUT2D eigenvalue weighted by atomic mass is 9.70. The fourth-order valence-corrected chi connectivity index (χ4v) is 4.44. The highest BCUT2D eigenvalue weighted by atomic mass is 16.5. The van der Waals surface area contributed by atoms with Crippen molar-refractivity contribution in [2.45, 2.75) is 44.1 Å². The van der Waals surface area contributed by atoms with E-state index in [1.54, 1.807) is 0 Å². The highest BCUT2D eigenvalue weighted by Gasteiger charge is 2.48. The maximum atomic E-state index is 11.3. The molecule has 1 aromatic heterocycles. The molecule has 2 atom stereocenters. The molecule has 4 heteroatoms. The maximum Gasteiger partial charge on any atom is 0.303 e. The molecule has 0 radical (unpaired) electrons. The van der Waals surface area contributed by atoms with Crippen molar-refractivity contribution in [3.05, 3.63) is 35.5 Å². The standard InChI is InChI=1S/C18H21NO3/c20-16(21)11-12-5-3-4-9-18(12)17-14(8-10-22-18)13-6-1-2-7-15(13)19-17/h1-2,6-7,12,19H,3-5,8-11H2,(H,20,21). The topological polar surface area (TPSA) is 62.3 Å². The van der Waals surface area contributed by atoms with Crippen molar-refractivity contribution in [2.75, 3.05) is 6.61 Å². The van der Waals surface area contributed by atoms with Gasteiger partial charge in [0.05, 0.1) is 18.7 Å². The van der Waals surface area contributed by atoms with Crippen LogP contribution in [0.4, 0.5) is 0 Å². The Kier molecular flexibility index (Phi) is 3.22. The SMILES string of the molecule is O=C(O)CC1CCCCC12OCCc1c2[nH]c2ccccc12. The van der Waals surface area contributed by atoms with E-state index in [1.807, 2.05) is 6.07 Å².